The van der Waals surface area contributed by atoms with Gasteiger partial charge in [-0.3, -0.25) is 0 Å². The highest BCUT2D eigenvalue weighted by Crippen LogP contribution is 2.67. The van der Waals surface area contributed by atoms with Crippen LogP contribution in [0.1, 0.15) is 88.2 Å². The Bertz CT molecular complexity index is 1160. The van der Waals surface area contributed by atoms with E-state index in [1.165, 1.54) is 87.8 Å². The van der Waals surface area contributed by atoms with E-state index in [0.29, 0.717) is 13.2 Å². The third kappa shape index (κ3) is 3.69. The van der Waals surface area contributed by atoms with Crippen molar-refractivity contribution in [3.63, 3.8) is 0 Å². The Morgan fingerprint density at radius 2 is 1.11 bits per heavy atom. The number of aliphatic hydroxyl groups is 2. The van der Waals surface area contributed by atoms with Crippen LogP contribution in [0, 0.1) is 35.5 Å². The summed E-state index contributed by atoms with van der Waals surface area (Å²) >= 11 is 0. The molecular formula is C34H44O4. The zero-order valence-corrected chi connectivity index (χ0v) is 22.8. The van der Waals surface area contributed by atoms with Crippen molar-refractivity contribution in [2.45, 2.75) is 87.9 Å². The summed E-state index contributed by atoms with van der Waals surface area (Å²) in [6.07, 6.45) is 16.8. The van der Waals surface area contributed by atoms with E-state index in [1.807, 2.05) is 6.07 Å². The van der Waals surface area contributed by atoms with E-state index in [9.17, 15) is 10.2 Å². The highest BCUT2D eigenvalue weighted by atomic mass is 16.5. The number of hydrogen-bond acceptors (Lipinski definition) is 4. The van der Waals surface area contributed by atoms with Crippen molar-refractivity contribution in [2.75, 3.05) is 26.4 Å². The van der Waals surface area contributed by atoms with Gasteiger partial charge in [-0.2, -0.15) is 0 Å². The predicted octanol–water partition coefficient (Wildman–Crippen LogP) is 6.52. The largest absolute Gasteiger partial charge is 0.491 e. The average Bonchev–Trinajstić information content (AvgIpc) is 2.88. The van der Waals surface area contributed by atoms with E-state index in [2.05, 4.69) is 18.2 Å². The van der Waals surface area contributed by atoms with Gasteiger partial charge in [-0.15, -0.1) is 0 Å². The minimum Gasteiger partial charge on any atom is -0.491 e. The number of ether oxygens (including phenoxy) is 2. The lowest BCUT2D eigenvalue weighted by Crippen LogP contribution is -2.52. The molecule has 204 valence electrons. The molecule has 0 heterocycles. The van der Waals surface area contributed by atoms with Gasteiger partial charge in [-0.05, 0) is 164 Å². The van der Waals surface area contributed by atoms with E-state index in [1.54, 1.807) is 11.1 Å². The summed E-state index contributed by atoms with van der Waals surface area (Å²) in [5.74, 6) is 7.14. The molecular weight excluding hydrogens is 472 g/mol. The van der Waals surface area contributed by atoms with Gasteiger partial charge in [0.25, 0.3) is 0 Å². The number of benzene rings is 2. The van der Waals surface area contributed by atoms with Crippen LogP contribution in [-0.2, 0) is 10.8 Å². The quantitative estimate of drug-likeness (QED) is 0.420. The first-order valence-corrected chi connectivity index (χ1v) is 15.7. The molecule has 2 N–H and O–H groups in total. The Balaban J connectivity index is 1.38. The molecule has 8 saturated carbocycles. The molecule has 4 nitrogen and oxygen atoms in total. The van der Waals surface area contributed by atoms with Crippen LogP contribution in [0.15, 0.2) is 24.3 Å². The van der Waals surface area contributed by atoms with Crippen LogP contribution in [0.3, 0.4) is 0 Å². The molecule has 8 bridgehead atoms. The monoisotopic (exact) mass is 516 g/mol. The van der Waals surface area contributed by atoms with Crippen LogP contribution in [0.5, 0.6) is 11.5 Å². The molecule has 2 aromatic carbocycles. The number of aliphatic hydroxyl groups excluding tert-OH is 2. The first-order chi connectivity index (χ1) is 18.6. The van der Waals surface area contributed by atoms with E-state index in [0.717, 1.165) is 47.0 Å². The minimum absolute atomic E-state index is 0.0258. The Labute approximate surface area is 227 Å². The Morgan fingerprint density at radius 3 is 1.63 bits per heavy atom. The van der Waals surface area contributed by atoms with Crippen LogP contribution < -0.4 is 9.47 Å². The number of hydrogen-bond donors (Lipinski definition) is 2. The topological polar surface area (TPSA) is 58.9 Å². The van der Waals surface area contributed by atoms with Gasteiger partial charge < -0.3 is 19.7 Å². The van der Waals surface area contributed by atoms with Crippen molar-refractivity contribution in [1.82, 2.24) is 0 Å². The highest BCUT2D eigenvalue weighted by Gasteiger charge is 2.57. The predicted molar refractivity (Wildman–Crippen MR) is 149 cm³/mol. The van der Waals surface area contributed by atoms with Gasteiger partial charge in [-0.25, -0.2) is 0 Å². The van der Waals surface area contributed by atoms with Crippen molar-refractivity contribution in [3.05, 3.63) is 35.4 Å². The fourth-order valence-corrected chi connectivity index (χ4v) is 11.7. The maximum Gasteiger partial charge on any atom is 0.127 e. The minimum atomic E-state index is 0.0258. The number of rotatable bonds is 8. The van der Waals surface area contributed by atoms with Crippen molar-refractivity contribution >= 4 is 10.8 Å². The molecule has 38 heavy (non-hydrogen) atoms. The first kappa shape index (κ1) is 24.1. The fraction of sp³-hybridized carbons (Fsp3) is 0.706. The van der Waals surface area contributed by atoms with E-state index < -0.39 is 0 Å². The second-order valence-electron chi connectivity index (χ2n) is 14.5. The van der Waals surface area contributed by atoms with E-state index in [4.69, 9.17) is 9.47 Å². The molecule has 4 heteroatoms. The fourth-order valence-electron chi connectivity index (χ4n) is 11.7. The standard InChI is InChI=1S/C34H44O4/c35-3-5-37-27-1-2-28-29(13-27)32(34-18-24-10-25(19-34)12-26(11-24)20-34)30(14-31(28)38-6-4-36)33-15-21-7-22(16-33)9-23(8-21)17-33/h1-2,13-14,21-26,35-36H,3-12,15-20H2. The lowest BCUT2D eigenvalue weighted by Gasteiger charge is -2.61. The molecule has 0 atom stereocenters. The summed E-state index contributed by atoms with van der Waals surface area (Å²) in [5, 5.41) is 21.7. The lowest BCUT2D eigenvalue weighted by molar-refractivity contribution is -0.0169. The molecule has 8 aliphatic rings. The van der Waals surface area contributed by atoms with Crippen LogP contribution >= 0.6 is 0 Å². The van der Waals surface area contributed by atoms with E-state index >= 15 is 0 Å². The summed E-state index contributed by atoms with van der Waals surface area (Å²) in [6.45, 7) is 0.705. The molecule has 8 aliphatic carbocycles. The average molecular weight is 517 g/mol. The second kappa shape index (κ2) is 8.86. The molecule has 0 aromatic heterocycles. The van der Waals surface area contributed by atoms with Crippen molar-refractivity contribution in [3.8, 4) is 11.5 Å². The third-order valence-electron chi connectivity index (χ3n) is 12.0. The van der Waals surface area contributed by atoms with Gasteiger partial charge in [0.15, 0.2) is 0 Å². The summed E-state index contributed by atoms with van der Waals surface area (Å²) in [5.41, 5.74) is 3.84. The molecule has 0 radical (unpaired) electrons. The van der Waals surface area contributed by atoms with E-state index in [-0.39, 0.29) is 24.0 Å². The molecule has 0 aliphatic heterocycles. The zero-order chi connectivity index (χ0) is 25.5. The van der Waals surface area contributed by atoms with Crippen LogP contribution in [0.4, 0.5) is 0 Å². The smallest absolute Gasteiger partial charge is 0.127 e. The summed E-state index contributed by atoms with van der Waals surface area (Å²) in [7, 11) is 0. The molecule has 0 spiro atoms. The zero-order valence-electron chi connectivity index (χ0n) is 22.8. The van der Waals surface area contributed by atoms with Crippen molar-refractivity contribution < 1.29 is 19.7 Å². The van der Waals surface area contributed by atoms with Crippen molar-refractivity contribution in [2.24, 2.45) is 35.5 Å². The summed E-state index contributed by atoms with van der Waals surface area (Å²) in [4.78, 5) is 0. The Hall–Kier alpha value is -1.78. The SMILES string of the molecule is OCCOc1ccc2c(OCCO)cc(C34CC5CC(CC(C5)C3)C4)c(C34CC5CC(CC(C5)C3)C4)c2c1. The van der Waals surface area contributed by atoms with Gasteiger partial charge in [0, 0.05) is 5.39 Å². The van der Waals surface area contributed by atoms with Crippen LogP contribution in [0.25, 0.3) is 10.8 Å². The molecule has 0 saturated heterocycles. The van der Waals surface area contributed by atoms with Crippen molar-refractivity contribution in [1.29, 1.82) is 0 Å². The lowest BCUT2D eigenvalue weighted by atomic mass is 9.44. The molecule has 10 rings (SSSR count). The van der Waals surface area contributed by atoms with Crippen LogP contribution in [0.2, 0.25) is 0 Å². The first-order valence-electron chi connectivity index (χ1n) is 15.7. The Morgan fingerprint density at radius 1 is 0.605 bits per heavy atom. The third-order valence-corrected chi connectivity index (χ3v) is 12.0. The van der Waals surface area contributed by atoms with Crippen LogP contribution in [-0.4, -0.2) is 36.6 Å². The molecule has 0 unspecified atom stereocenters. The van der Waals surface area contributed by atoms with Gasteiger partial charge in [0.05, 0.1) is 13.2 Å². The van der Waals surface area contributed by atoms with Gasteiger partial charge in [0.1, 0.15) is 24.7 Å². The number of fused-ring (bicyclic) bond motifs is 1. The summed E-state index contributed by atoms with van der Waals surface area (Å²) in [6, 6.07) is 8.99. The van der Waals surface area contributed by atoms with Gasteiger partial charge in [-0.1, -0.05) is 0 Å². The normalized spacial score (nSPS) is 40.3. The second-order valence-corrected chi connectivity index (χ2v) is 14.5. The van der Waals surface area contributed by atoms with Gasteiger partial charge >= 0.3 is 0 Å². The van der Waals surface area contributed by atoms with Gasteiger partial charge in [0.2, 0.25) is 0 Å². The molecule has 0 amide bonds. The molecule has 2 aromatic rings. The maximum atomic E-state index is 9.68. The summed E-state index contributed by atoms with van der Waals surface area (Å²) < 4.78 is 12.4. The highest BCUT2D eigenvalue weighted by molar-refractivity contribution is 5.94. The molecule has 8 fully saturated rings. The Kier molecular flexibility index (Phi) is 5.61. The maximum absolute atomic E-state index is 9.68.